The quantitative estimate of drug-likeness (QED) is 0.761. The maximum atomic E-state index is 12.9. The topological polar surface area (TPSA) is 66.3 Å². The van der Waals surface area contributed by atoms with Crippen LogP contribution in [0, 0.1) is 0 Å². The highest BCUT2D eigenvalue weighted by molar-refractivity contribution is 7.98. The van der Waals surface area contributed by atoms with Crippen LogP contribution in [0.1, 0.15) is 29.3 Å². The normalized spacial score (nSPS) is 15.6. The van der Waals surface area contributed by atoms with E-state index in [1.807, 2.05) is 29.2 Å². The van der Waals surface area contributed by atoms with E-state index in [-0.39, 0.29) is 5.91 Å². The lowest BCUT2D eigenvalue weighted by Gasteiger charge is -2.32. The second-order valence-corrected chi connectivity index (χ2v) is 6.99. The third-order valence-corrected chi connectivity index (χ3v) is 5.29. The number of nitrogens with zero attached hydrogens (tertiary/aromatic N) is 3. The van der Waals surface area contributed by atoms with Crippen molar-refractivity contribution in [3.63, 3.8) is 0 Å². The van der Waals surface area contributed by atoms with Gasteiger partial charge in [0.2, 0.25) is 0 Å². The van der Waals surface area contributed by atoms with Crippen LogP contribution in [-0.4, -0.2) is 58.7 Å². The van der Waals surface area contributed by atoms with Crippen molar-refractivity contribution >= 4 is 17.7 Å². The Bertz CT molecular complexity index is 653. The second kappa shape index (κ2) is 8.30. The summed E-state index contributed by atoms with van der Waals surface area (Å²) in [6, 6.07) is 7.88. The summed E-state index contributed by atoms with van der Waals surface area (Å²) in [6.07, 6.45) is 2.70. The number of rotatable bonds is 6. The fourth-order valence-corrected chi connectivity index (χ4v) is 3.85. The van der Waals surface area contributed by atoms with Crippen molar-refractivity contribution in [2.45, 2.75) is 24.3 Å². The predicted molar refractivity (Wildman–Crippen MR) is 94.1 cm³/mol. The molecule has 1 aliphatic rings. The standard InChI is InChI=1S/C17H23N5OS/c1-2-7-21-8-10-22(11-9-21)16(23)15-6-4-3-5-14(15)12-24-17-18-13-19-20-17/h3-6,13H,2,7-12H2,1H3,(H,18,19,20)/p+1. The average Bonchev–Trinajstić information content (AvgIpc) is 3.14. The Morgan fingerprint density at radius 2 is 2.12 bits per heavy atom. The van der Waals surface area contributed by atoms with E-state index in [1.54, 1.807) is 16.7 Å². The first-order valence-corrected chi connectivity index (χ1v) is 9.45. The van der Waals surface area contributed by atoms with Crippen LogP contribution in [0.3, 0.4) is 0 Å². The van der Waals surface area contributed by atoms with Crippen LogP contribution in [0.5, 0.6) is 0 Å². The minimum atomic E-state index is 0.152. The van der Waals surface area contributed by atoms with Crippen molar-refractivity contribution < 1.29 is 9.69 Å². The third-order valence-electron chi connectivity index (χ3n) is 4.37. The molecule has 0 aliphatic carbocycles. The van der Waals surface area contributed by atoms with Gasteiger partial charge in [0.1, 0.15) is 6.33 Å². The Kier molecular flexibility index (Phi) is 5.87. The van der Waals surface area contributed by atoms with Gasteiger partial charge in [-0.25, -0.2) is 4.98 Å². The van der Waals surface area contributed by atoms with E-state index in [0.717, 1.165) is 42.5 Å². The Morgan fingerprint density at radius 1 is 1.33 bits per heavy atom. The molecule has 0 unspecified atom stereocenters. The van der Waals surface area contributed by atoms with Crippen LogP contribution in [0.15, 0.2) is 35.7 Å². The lowest BCUT2D eigenvalue weighted by molar-refractivity contribution is -0.904. The molecular formula is C17H24N5OS+. The Hall–Kier alpha value is -1.86. The highest BCUT2D eigenvalue weighted by Crippen LogP contribution is 2.22. The molecule has 0 saturated carbocycles. The number of hydrogen-bond acceptors (Lipinski definition) is 4. The number of hydrogen-bond donors (Lipinski definition) is 2. The zero-order valence-electron chi connectivity index (χ0n) is 14.0. The average molecular weight is 346 g/mol. The molecule has 2 N–H and O–H groups in total. The fraction of sp³-hybridized carbons (Fsp3) is 0.471. The summed E-state index contributed by atoms with van der Waals surface area (Å²) in [5.41, 5.74) is 1.86. The monoisotopic (exact) mass is 346 g/mol. The van der Waals surface area contributed by atoms with Gasteiger partial charge in [0.25, 0.3) is 5.91 Å². The zero-order chi connectivity index (χ0) is 16.8. The molecule has 2 aromatic rings. The summed E-state index contributed by atoms with van der Waals surface area (Å²) < 4.78 is 0. The number of amides is 1. The van der Waals surface area contributed by atoms with Crippen molar-refractivity contribution in [2.75, 3.05) is 32.7 Å². The van der Waals surface area contributed by atoms with E-state index in [0.29, 0.717) is 5.75 Å². The maximum Gasteiger partial charge on any atom is 0.254 e. The summed E-state index contributed by atoms with van der Waals surface area (Å²) in [5.74, 6) is 0.859. The number of benzene rings is 1. The number of piperazine rings is 1. The molecule has 7 heteroatoms. The van der Waals surface area contributed by atoms with Crippen molar-refractivity contribution in [1.29, 1.82) is 0 Å². The summed E-state index contributed by atoms with van der Waals surface area (Å²) >= 11 is 1.56. The number of carbonyl (C=O) groups is 1. The number of thioether (sulfide) groups is 1. The first kappa shape index (κ1) is 17.0. The minimum Gasteiger partial charge on any atom is -0.332 e. The molecule has 3 rings (SSSR count). The third kappa shape index (κ3) is 4.15. The first-order valence-electron chi connectivity index (χ1n) is 8.47. The highest BCUT2D eigenvalue weighted by atomic mass is 32.2. The summed E-state index contributed by atoms with van der Waals surface area (Å²) in [7, 11) is 0. The van der Waals surface area contributed by atoms with Crippen LogP contribution < -0.4 is 4.90 Å². The molecular weight excluding hydrogens is 322 g/mol. The van der Waals surface area contributed by atoms with Gasteiger partial charge in [0.15, 0.2) is 5.16 Å². The van der Waals surface area contributed by atoms with Crippen molar-refractivity contribution in [1.82, 2.24) is 20.1 Å². The molecule has 0 bridgehead atoms. The van der Waals surface area contributed by atoms with E-state index in [1.165, 1.54) is 19.3 Å². The molecule has 1 aromatic carbocycles. The van der Waals surface area contributed by atoms with E-state index in [9.17, 15) is 4.79 Å². The van der Waals surface area contributed by atoms with E-state index in [4.69, 9.17) is 0 Å². The first-order chi connectivity index (χ1) is 11.8. The van der Waals surface area contributed by atoms with Gasteiger partial charge in [0, 0.05) is 11.3 Å². The summed E-state index contributed by atoms with van der Waals surface area (Å²) in [5, 5.41) is 7.47. The molecule has 1 fully saturated rings. The molecule has 0 spiro atoms. The van der Waals surface area contributed by atoms with Gasteiger partial charge in [0.05, 0.1) is 32.7 Å². The number of quaternary nitrogens is 1. The summed E-state index contributed by atoms with van der Waals surface area (Å²) in [6.45, 7) is 7.21. The molecule has 24 heavy (non-hydrogen) atoms. The van der Waals surface area contributed by atoms with Crippen LogP contribution in [0.2, 0.25) is 0 Å². The largest absolute Gasteiger partial charge is 0.332 e. The fourth-order valence-electron chi connectivity index (χ4n) is 3.06. The van der Waals surface area contributed by atoms with E-state index in [2.05, 4.69) is 22.1 Å². The molecule has 0 atom stereocenters. The van der Waals surface area contributed by atoms with Gasteiger partial charge in [-0.1, -0.05) is 36.9 Å². The molecule has 1 amide bonds. The number of aromatic nitrogens is 3. The van der Waals surface area contributed by atoms with E-state index >= 15 is 0 Å². The predicted octanol–water partition coefficient (Wildman–Crippen LogP) is 0.848. The van der Waals surface area contributed by atoms with Gasteiger partial charge in [-0.2, -0.15) is 5.10 Å². The molecule has 1 saturated heterocycles. The van der Waals surface area contributed by atoms with Crippen LogP contribution in [0.4, 0.5) is 0 Å². The van der Waals surface area contributed by atoms with E-state index < -0.39 is 0 Å². The number of H-pyrrole nitrogens is 1. The van der Waals surface area contributed by atoms with Gasteiger partial charge in [-0.05, 0) is 18.1 Å². The molecule has 0 radical (unpaired) electrons. The Morgan fingerprint density at radius 3 is 2.83 bits per heavy atom. The van der Waals surface area contributed by atoms with Gasteiger partial charge >= 0.3 is 0 Å². The maximum absolute atomic E-state index is 12.9. The number of aromatic amines is 1. The Balaban J connectivity index is 1.64. The molecule has 1 aliphatic heterocycles. The van der Waals surface area contributed by atoms with Crippen molar-refractivity contribution in [2.24, 2.45) is 0 Å². The highest BCUT2D eigenvalue weighted by Gasteiger charge is 2.25. The van der Waals surface area contributed by atoms with Gasteiger partial charge in [-0.3, -0.25) is 9.89 Å². The number of nitrogens with one attached hydrogen (secondary N) is 2. The SMILES string of the molecule is CCC[NH+]1CCN(C(=O)c2ccccc2CSc2ncn[nH]2)CC1. The lowest BCUT2D eigenvalue weighted by atomic mass is 10.1. The van der Waals surface area contributed by atoms with Crippen LogP contribution >= 0.6 is 11.8 Å². The van der Waals surface area contributed by atoms with Crippen molar-refractivity contribution in [3.05, 3.63) is 41.7 Å². The molecule has 1 aromatic heterocycles. The second-order valence-electron chi connectivity index (χ2n) is 6.03. The molecule has 128 valence electrons. The zero-order valence-corrected chi connectivity index (χ0v) is 14.8. The smallest absolute Gasteiger partial charge is 0.254 e. The molecule has 6 nitrogen and oxygen atoms in total. The minimum absolute atomic E-state index is 0.152. The van der Waals surface area contributed by atoms with Crippen LogP contribution in [-0.2, 0) is 5.75 Å². The van der Waals surface area contributed by atoms with Crippen molar-refractivity contribution in [3.8, 4) is 0 Å². The van der Waals surface area contributed by atoms with Crippen LogP contribution in [0.25, 0.3) is 0 Å². The lowest BCUT2D eigenvalue weighted by Crippen LogP contribution is -3.14. The summed E-state index contributed by atoms with van der Waals surface area (Å²) in [4.78, 5) is 20.6. The number of carbonyl (C=O) groups excluding carboxylic acids is 1. The van der Waals surface area contributed by atoms with Gasteiger partial charge in [-0.15, -0.1) is 0 Å². The molecule has 2 heterocycles. The Labute approximate surface area is 146 Å². The van der Waals surface area contributed by atoms with Gasteiger partial charge < -0.3 is 9.80 Å².